The van der Waals surface area contributed by atoms with Crippen molar-refractivity contribution in [3.05, 3.63) is 51.3 Å². The molecular weight excluding hydrogens is 334 g/mol. The fourth-order valence-electron chi connectivity index (χ4n) is 1.46. The van der Waals surface area contributed by atoms with Gasteiger partial charge in [0.05, 0.1) is 24.3 Å². The molecule has 0 radical (unpaired) electrons. The number of hydrogen-bond acceptors (Lipinski definition) is 2. The van der Waals surface area contributed by atoms with Gasteiger partial charge in [-0.3, -0.25) is 0 Å². The smallest absolute Gasteiger partial charge is 0.0955 e. The molecule has 84 valence electrons. The molecule has 0 aliphatic heterocycles. The van der Waals surface area contributed by atoms with Gasteiger partial charge in [0.1, 0.15) is 0 Å². The van der Waals surface area contributed by atoms with Gasteiger partial charge in [-0.05, 0) is 57.0 Å². The van der Waals surface area contributed by atoms with Crippen molar-refractivity contribution in [3.8, 4) is 0 Å². The third-order valence-electron chi connectivity index (χ3n) is 2.37. The molecule has 0 amide bonds. The molecular formula is C12H11Br2NO. The minimum atomic E-state index is 0.203. The average molecular weight is 345 g/mol. The first-order valence-electron chi connectivity index (χ1n) is 4.91. The predicted molar refractivity (Wildman–Crippen MR) is 72.6 cm³/mol. The normalized spacial score (nSPS) is 12.4. The summed E-state index contributed by atoms with van der Waals surface area (Å²) in [5, 5.41) is 3.43. The average Bonchev–Trinajstić information content (AvgIpc) is 2.76. The molecule has 1 aromatic heterocycles. The van der Waals surface area contributed by atoms with Crippen molar-refractivity contribution in [1.29, 1.82) is 0 Å². The number of benzene rings is 1. The third kappa shape index (κ3) is 2.50. The number of halogens is 2. The van der Waals surface area contributed by atoms with Gasteiger partial charge in [0, 0.05) is 14.5 Å². The SMILES string of the molecule is CC(Nc1c(Br)cccc1Br)c1ccoc1. The molecule has 1 unspecified atom stereocenters. The summed E-state index contributed by atoms with van der Waals surface area (Å²) in [5.41, 5.74) is 2.18. The Kier molecular flexibility index (Phi) is 3.71. The zero-order valence-corrected chi connectivity index (χ0v) is 11.9. The van der Waals surface area contributed by atoms with Crippen LogP contribution in [0.15, 0.2) is 50.2 Å². The maximum atomic E-state index is 5.07. The van der Waals surface area contributed by atoms with Crippen molar-refractivity contribution in [2.75, 3.05) is 5.32 Å². The van der Waals surface area contributed by atoms with Crippen molar-refractivity contribution < 1.29 is 4.42 Å². The van der Waals surface area contributed by atoms with E-state index in [2.05, 4.69) is 44.1 Å². The quantitative estimate of drug-likeness (QED) is 0.849. The number of anilines is 1. The van der Waals surface area contributed by atoms with Gasteiger partial charge < -0.3 is 9.73 Å². The van der Waals surface area contributed by atoms with Gasteiger partial charge in [-0.2, -0.15) is 0 Å². The Hall–Kier alpha value is -0.740. The number of para-hydroxylation sites is 1. The Balaban J connectivity index is 2.21. The van der Waals surface area contributed by atoms with Crippen LogP contribution >= 0.6 is 31.9 Å². The fraction of sp³-hybridized carbons (Fsp3) is 0.167. The third-order valence-corrected chi connectivity index (χ3v) is 3.69. The Labute approximate surface area is 111 Å². The molecule has 16 heavy (non-hydrogen) atoms. The first kappa shape index (κ1) is 11.7. The molecule has 0 aliphatic carbocycles. The lowest BCUT2D eigenvalue weighted by molar-refractivity contribution is 0.562. The highest BCUT2D eigenvalue weighted by molar-refractivity contribution is 9.11. The van der Waals surface area contributed by atoms with Gasteiger partial charge in [-0.1, -0.05) is 6.07 Å². The van der Waals surface area contributed by atoms with E-state index in [1.54, 1.807) is 12.5 Å². The zero-order valence-electron chi connectivity index (χ0n) is 8.71. The molecule has 1 N–H and O–H groups in total. The van der Waals surface area contributed by atoms with E-state index >= 15 is 0 Å². The minimum Gasteiger partial charge on any atom is -0.472 e. The number of hydrogen-bond donors (Lipinski definition) is 1. The van der Waals surface area contributed by atoms with Gasteiger partial charge in [0.25, 0.3) is 0 Å². The largest absolute Gasteiger partial charge is 0.472 e. The first-order chi connectivity index (χ1) is 7.68. The van der Waals surface area contributed by atoms with E-state index in [1.807, 2.05) is 24.3 Å². The standard InChI is InChI=1S/C12H11Br2NO/c1-8(9-5-6-16-7-9)15-12-10(13)3-2-4-11(12)14/h2-8,15H,1H3. The van der Waals surface area contributed by atoms with Crippen LogP contribution in [0.3, 0.4) is 0 Å². The lowest BCUT2D eigenvalue weighted by Crippen LogP contribution is -2.06. The van der Waals surface area contributed by atoms with Crippen molar-refractivity contribution in [1.82, 2.24) is 0 Å². The van der Waals surface area contributed by atoms with E-state index in [0.717, 1.165) is 20.2 Å². The van der Waals surface area contributed by atoms with Gasteiger partial charge in [-0.15, -0.1) is 0 Å². The highest BCUT2D eigenvalue weighted by Crippen LogP contribution is 2.33. The van der Waals surface area contributed by atoms with Crippen LogP contribution in [-0.2, 0) is 0 Å². The molecule has 0 saturated carbocycles. The molecule has 0 fully saturated rings. The van der Waals surface area contributed by atoms with E-state index in [4.69, 9.17) is 4.42 Å². The van der Waals surface area contributed by atoms with Crippen molar-refractivity contribution in [3.63, 3.8) is 0 Å². The highest BCUT2D eigenvalue weighted by atomic mass is 79.9. The van der Waals surface area contributed by atoms with E-state index in [-0.39, 0.29) is 6.04 Å². The second-order valence-corrected chi connectivity index (χ2v) is 5.23. The van der Waals surface area contributed by atoms with Crippen molar-refractivity contribution in [2.24, 2.45) is 0 Å². The topological polar surface area (TPSA) is 25.2 Å². The van der Waals surface area contributed by atoms with Crippen LogP contribution in [0.2, 0.25) is 0 Å². The fourth-order valence-corrected chi connectivity index (χ4v) is 2.68. The van der Waals surface area contributed by atoms with Crippen LogP contribution in [0, 0.1) is 0 Å². The molecule has 1 aromatic carbocycles. The molecule has 0 bridgehead atoms. The van der Waals surface area contributed by atoms with Crippen LogP contribution in [0.5, 0.6) is 0 Å². The number of nitrogens with one attached hydrogen (secondary N) is 1. The molecule has 0 saturated heterocycles. The molecule has 1 atom stereocenters. The Bertz CT molecular complexity index is 448. The summed E-state index contributed by atoms with van der Waals surface area (Å²) in [7, 11) is 0. The van der Waals surface area contributed by atoms with E-state index in [0.29, 0.717) is 0 Å². The van der Waals surface area contributed by atoms with Crippen LogP contribution < -0.4 is 5.32 Å². The maximum Gasteiger partial charge on any atom is 0.0955 e. The van der Waals surface area contributed by atoms with Gasteiger partial charge in [0.2, 0.25) is 0 Å². The summed E-state index contributed by atoms with van der Waals surface area (Å²) in [6.45, 7) is 2.09. The van der Waals surface area contributed by atoms with Crippen LogP contribution in [0.25, 0.3) is 0 Å². The second-order valence-electron chi connectivity index (χ2n) is 3.52. The van der Waals surface area contributed by atoms with Crippen molar-refractivity contribution >= 4 is 37.5 Å². The number of rotatable bonds is 3. The maximum absolute atomic E-state index is 5.07. The van der Waals surface area contributed by atoms with E-state index < -0.39 is 0 Å². The Morgan fingerprint density at radius 2 is 1.88 bits per heavy atom. The predicted octanol–water partition coefficient (Wildman–Crippen LogP) is 4.98. The van der Waals surface area contributed by atoms with E-state index in [1.165, 1.54) is 0 Å². The van der Waals surface area contributed by atoms with Gasteiger partial charge in [0.15, 0.2) is 0 Å². The van der Waals surface area contributed by atoms with Crippen LogP contribution in [0.1, 0.15) is 18.5 Å². The molecule has 0 spiro atoms. The summed E-state index contributed by atoms with van der Waals surface area (Å²) in [4.78, 5) is 0. The lowest BCUT2D eigenvalue weighted by atomic mass is 10.1. The monoisotopic (exact) mass is 343 g/mol. The summed E-state index contributed by atoms with van der Waals surface area (Å²) in [5.74, 6) is 0. The van der Waals surface area contributed by atoms with Crippen LogP contribution in [-0.4, -0.2) is 0 Å². The van der Waals surface area contributed by atoms with E-state index in [9.17, 15) is 0 Å². The summed E-state index contributed by atoms with van der Waals surface area (Å²) < 4.78 is 7.15. The minimum absolute atomic E-state index is 0.203. The first-order valence-corrected chi connectivity index (χ1v) is 6.49. The highest BCUT2D eigenvalue weighted by Gasteiger charge is 2.10. The summed E-state index contributed by atoms with van der Waals surface area (Å²) >= 11 is 7.05. The molecule has 2 rings (SSSR count). The Morgan fingerprint density at radius 1 is 1.19 bits per heavy atom. The molecule has 1 heterocycles. The molecule has 4 heteroatoms. The van der Waals surface area contributed by atoms with Crippen molar-refractivity contribution in [2.45, 2.75) is 13.0 Å². The van der Waals surface area contributed by atoms with Gasteiger partial charge >= 0.3 is 0 Å². The Morgan fingerprint density at radius 3 is 2.44 bits per heavy atom. The summed E-state index contributed by atoms with van der Waals surface area (Å²) in [6, 6.07) is 8.17. The number of furan rings is 1. The lowest BCUT2D eigenvalue weighted by Gasteiger charge is -2.16. The summed E-state index contributed by atoms with van der Waals surface area (Å²) in [6.07, 6.45) is 3.44. The zero-order chi connectivity index (χ0) is 11.5. The molecule has 0 aliphatic rings. The molecule has 2 aromatic rings. The van der Waals surface area contributed by atoms with Crippen LogP contribution in [0.4, 0.5) is 5.69 Å². The van der Waals surface area contributed by atoms with Gasteiger partial charge in [-0.25, -0.2) is 0 Å². The second kappa shape index (κ2) is 5.06. The molecule has 2 nitrogen and oxygen atoms in total.